The van der Waals surface area contributed by atoms with E-state index in [4.69, 9.17) is 10.6 Å². The van der Waals surface area contributed by atoms with Gasteiger partial charge in [-0.05, 0) is 16.7 Å². The third-order valence-corrected chi connectivity index (χ3v) is 4.50. The maximum Gasteiger partial charge on any atom is 0.121 e. The molecule has 0 radical (unpaired) electrons. The van der Waals surface area contributed by atoms with Gasteiger partial charge in [0, 0.05) is 13.1 Å². The molecule has 0 aromatic heterocycles. The molecule has 3 rings (SSSR count). The molecule has 0 amide bonds. The number of nitrogens with two attached hydrogens (primary N) is 1. The first-order valence-corrected chi connectivity index (χ1v) is 8.52. The maximum absolute atomic E-state index is 5.91. The van der Waals surface area contributed by atoms with Crippen LogP contribution in [0.15, 0.2) is 91.0 Å². The first-order chi connectivity index (χ1) is 12.3. The van der Waals surface area contributed by atoms with E-state index in [0.29, 0.717) is 13.1 Å². The molecule has 0 aliphatic heterocycles. The summed E-state index contributed by atoms with van der Waals surface area (Å²) in [7, 11) is 1.71. The molecule has 0 saturated heterocycles. The van der Waals surface area contributed by atoms with Gasteiger partial charge < -0.3 is 10.6 Å². The zero-order valence-electron chi connectivity index (χ0n) is 14.5. The van der Waals surface area contributed by atoms with E-state index < -0.39 is 5.54 Å². The van der Waals surface area contributed by atoms with Crippen molar-refractivity contribution in [3.05, 3.63) is 108 Å². The fourth-order valence-electron chi connectivity index (χ4n) is 3.48. The molecule has 2 N–H and O–H groups in total. The third-order valence-electron chi connectivity index (χ3n) is 4.50. The lowest BCUT2D eigenvalue weighted by atomic mass is 9.76. The van der Waals surface area contributed by atoms with Crippen LogP contribution in [-0.4, -0.2) is 25.3 Å². The van der Waals surface area contributed by atoms with Gasteiger partial charge in [-0.2, -0.15) is 5.06 Å². The minimum absolute atomic E-state index is 0.502. The van der Waals surface area contributed by atoms with E-state index in [1.807, 2.05) is 23.3 Å². The molecule has 0 bridgehead atoms. The summed E-state index contributed by atoms with van der Waals surface area (Å²) < 4.78 is 0. The molecule has 3 aromatic rings. The molecule has 128 valence electrons. The van der Waals surface area contributed by atoms with Crippen LogP contribution in [0.25, 0.3) is 0 Å². The van der Waals surface area contributed by atoms with Crippen molar-refractivity contribution in [2.24, 2.45) is 5.73 Å². The third kappa shape index (κ3) is 3.22. The van der Waals surface area contributed by atoms with Gasteiger partial charge in [-0.1, -0.05) is 91.0 Å². The first-order valence-electron chi connectivity index (χ1n) is 8.52. The van der Waals surface area contributed by atoms with Crippen LogP contribution in [0.4, 0.5) is 0 Å². The number of nitrogens with zero attached hydrogens (tertiary/aromatic N) is 1. The Labute approximate surface area is 149 Å². The Bertz CT molecular complexity index is 663. The van der Waals surface area contributed by atoms with Gasteiger partial charge in [-0.3, -0.25) is 0 Å². The van der Waals surface area contributed by atoms with E-state index in [9.17, 15) is 0 Å². The highest BCUT2D eigenvalue weighted by molar-refractivity contribution is 5.49. The van der Waals surface area contributed by atoms with E-state index in [1.54, 1.807) is 7.11 Å². The monoisotopic (exact) mass is 332 g/mol. The standard InChI is InChI=1S/C22H24N2O/c1-25-24(18-17-23)22(19-11-5-2-6-12-19,20-13-7-3-8-14-20)21-15-9-4-10-16-21/h2-16H,17-18,23H2,1H3. The van der Waals surface area contributed by atoms with Crippen molar-refractivity contribution in [3.8, 4) is 0 Å². The SMILES string of the molecule is CON(CCN)C(c1ccccc1)(c1ccccc1)c1ccccc1. The van der Waals surface area contributed by atoms with Crippen molar-refractivity contribution in [2.45, 2.75) is 5.54 Å². The molecule has 0 atom stereocenters. The van der Waals surface area contributed by atoms with Crippen LogP contribution in [0, 0.1) is 0 Å². The first kappa shape index (κ1) is 17.4. The van der Waals surface area contributed by atoms with Crippen molar-refractivity contribution in [1.29, 1.82) is 0 Å². The zero-order chi connectivity index (χ0) is 17.5. The summed E-state index contributed by atoms with van der Waals surface area (Å²) in [4.78, 5) is 5.87. The van der Waals surface area contributed by atoms with Crippen molar-refractivity contribution < 1.29 is 4.84 Å². The van der Waals surface area contributed by atoms with Crippen LogP contribution in [0.5, 0.6) is 0 Å². The van der Waals surface area contributed by atoms with Gasteiger partial charge in [-0.15, -0.1) is 0 Å². The van der Waals surface area contributed by atoms with Gasteiger partial charge in [0.2, 0.25) is 0 Å². The Morgan fingerprint density at radius 2 is 1.08 bits per heavy atom. The van der Waals surface area contributed by atoms with Gasteiger partial charge >= 0.3 is 0 Å². The second-order valence-corrected chi connectivity index (χ2v) is 5.88. The highest BCUT2D eigenvalue weighted by Crippen LogP contribution is 2.42. The molecule has 3 aromatic carbocycles. The summed E-state index contributed by atoms with van der Waals surface area (Å²) in [5.41, 5.74) is 8.77. The maximum atomic E-state index is 5.91. The normalized spacial score (nSPS) is 11.6. The molecule has 0 spiro atoms. The zero-order valence-corrected chi connectivity index (χ0v) is 14.5. The smallest absolute Gasteiger partial charge is 0.121 e. The van der Waals surface area contributed by atoms with Gasteiger partial charge in [0.05, 0.1) is 7.11 Å². The Hall–Kier alpha value is -2.46. The van der Waals surface area contributed by atoms with Crippen molar-refractivity contribution >= 4 is 0 Å². The lowest BCUT2D eigenvalue weighted by Gasteiger charge is -2.43. The predicted molar refractivity (Wildman–Crippen MR) is 102 cm³/mol. The van der Waals surface area contributed by atoms with Crippen LogP contribution >= 0.6 is 0 Å². The van der Waals surface area contributed by atoms with Crippen molar-refractivity contribution in [3.63, 3.8) is 0 Å². The predicted octanol–water partition coefficient (Wildman–Crippen LogP) is 3.80. The Morgan fingerprint density at radius 3 is 1.36 bits per heavy atom. The van der Waals surface area contributed by atoms with Crippen LogP contribution in [0.1, 0.15) is 16.7 Å². The largest absolute Gasteiger partial charge is 0.329 e. The molecular weight excluding hydrogens is 308 g/mol. The number of rotatable bonds is 7. The van der Waals surface area contributed by atoms with Gasteiger partial charge in [0.1, 0.15) is 5.54 Å². The van der Waals surface area contributed by atoms with E-state index >= 15 is 0 Å². The number of hydrogen-bond donors (Lipinski definition) is 1. The van der Waals surface area contributed by atoms with Gasteiger partial charge in [-0.25, -0.2) is 0 Å². The molecule has 0 heterocycles. The summed E-state index contributed by atoms with van der Waals surface area (Å²) in [6.45, 7) is 1.11. The molecule has 25 heavy (non-hydrogen) atoms. The van der Waals surface area contributed by atoms with Crippen molar-refractivity contribution in [1.82, 2.24) is 5.06 Å². The molecule has 0 aliphatic carbocycles. The minimum atomic E-state index is -0.572. The average Bonchev–Trinajstić information content (AvgIpc) is 2.70. The highest BCUT2D eigenvalue weighted by atomic mass is 16.7. The van der Waals surface area contributed by atoms with Crippen LogP contribution in [0.2, 0.25) is 0 Å². The highest BCUT2D eigenvalue weighted by Gasteiger charge is 2.42. The number of benzene rings is 3. The lowest BCUT2D eigenvalue weighted by Crippen LogP contribution is -2.49. The summed E-state index contributed by atoms with van der Waals surface area (Å²) in [6, 6.07) is 31.3. The van der Waals surface area contributed by atoms with Crippen molar-refractivity contribution in [2.75, 3.05) is 20.2 Å². The van der Waals surface area contributed by atoms with E-state index in [1.165, 1.54) is 0 Å². The molecule has 0 aliphatic rings. The van der Waals surface area contributed by atoms with Crippen LogP contribution in [-0.2, 0) is 10.4 Å². The molecule has 3 nitrogen and oxygen atoms in total. The van der Waals surface area contributed by atoms with E-state index in [-0.39, 0.29) is 0 Å². The second kappa shape index (κ2) is 8.08. The summed E-state index contributed by atoms with van der Waals surface area (Å²) in [6.07, 6.45) is 0. The molecule has 3 heteroatoms. The lowest BCUT2D eigenvalue weighted by molar-refractivity contribution is -0.179. The van der Waals surface area contributed by atoms with E-state index in [0.717, 1.165) is 16.7 Å². The quantitative estimate of drug-likeness (QED) is 0.528. The Morgan fingerprint density at radius 1 is 0.720 bits per heavy atom. The fraction of sp³-hybridized carbons (Fsp3) is 0.182. The van der Waals surface area contributed by atoms with E-state index in [2.05, 4.69) is 72.8 Å². The summed E-state index contributed by atoms with van der Waals surface area (Å²) in [5, 5.41) is 1.98. The van der Waals surface area contributed by atoms with Gasteiger partial charge in [0.25, 0.3) is 0 Å². The minimum Gasteiger partial charge on any atom is -0.329 e. The number of hydrogen-bond acceptors (Lipinski definition) is 3. The molecule has 0 unspecified atom stereocenters. The number of hydroxylamine groups is 2. The van der Waals surface area contributed by atoms with Crippen LogP contribution < -0.4 is 5.73 Å². The Kier molecular flexibility index (Phi) is 5.61. The Balaban J connectivity index is 2.35. The molecular formula is C22H24N2O. The summed E-state index contributed by atoms with van der Waals surface area (Å²) in [5.74, 6) is 0. The van der Waals surface area contributed by atoms with Gasteiger partial charge in [0.15, 0.2) is 0 Å². The topological polar surface area (TPSA) is 38.5 Å². The van der Waals surface area contributed by atoms with Crippen LogP contribution in [0.3, 0.4) is 0 Å². The fourth-order valence-corrected chi connectivity index (χ4v) is 3.48. The second-order valence-electron chi connectivity index (χ2n) is 5.88. The molecule has 0 saturated carbocycles. The summed E-state index contributed by atoms with van der Waals surface area (Å²) >= 11 is 0. The molecule has 0 fully saturated rings. The average molecular weight is 332 g/mol.